The van der Waals surface area contributed by atoms with E-state index in [-0.39, 0.29) is 0 Å². The number of hydrogen-bond donors (Lipinski definition) is 1. The Kier molecular flexibility index (Phi) is 7.98. The SMILES string of the molecule is CCNC(=NCCN1CCCN(C)CC1)N1CCC(N2CCOCC2)C1. The van der Waals surface area contributed by atoms with Crippen molar-refractivity contribution >= 4 is 5.96 Å². The molecule has 1 unspecified atom stereocenters. The third-order valence-corrected chi connectivity index (χ3v) is 5.85. The van der Waals surface area contributed by atoms with Crippen LogP contribution < -0.4 is 5.32 Å². The van der Waals surface area contributed by atoms with Gasteiger partial charge in [-0.3, -0.25) is 9.89 Å². The van der Waals surface area contributed by atoms with Crippen LogP contribution in [0.3, 0.4) is 0 Å². The van der Waals surface area contributed by atoms with E-state index in [0.29, 0.717) is 6.04 Å². The van der Waals surface area contributed by atoms with Crippen molar-refractivity contribution in [3.63, 3.8) is 0 Å². The van der Waals surface area contributed by atoms with E-state index in [1.54, 1.807) is 0 Å². The highest BCUT2D eigenvalue weighted by atomic mass is 16.5. The molecule has 0 amide bonds. The predicted molar refractivity (Wildman–Crippen MR) is 107 cm³/mol. The number of nitrogens with one attached hydrogen (secondary N) is 1. The molecule has 7 nitrogen and oxygen atoms in total. The molecule has 0 saturated carbocycles. The monoisotopic (exact) mass is 366 g/mol. The highest BCUT2D eigenvalue weighted by Gasteiger charge is 2.30. The standard InChI is InChI=1S/C19H38N6O/c1-3-20-19(21-6-10-23-8-4-7-22(2)11-12-23)25-9-5-18(17-25)24-13-15-26-16-14-24/h18H,3-17H2,1-2H3,(H,20,21). The Balaban J connectivity index is 1.47. The molecule has 3 rings (SSSR count). The molecular formula is C19H38N6O. The van der Waals surface area contributed by atoms with Crippen LogP contribution in [0.15, 0.2) is 4.99 Å². The lowest BCUT2D eigenvalue weighted by Gasteiger charge is -2.32. The molecule has 0 aromatic carbocycles. The number of hydrogen-bond acceptors (Lipinski definition) is 5. The molecule has 3 aliphatic heterocycles. The minimum absolute atomic E-state index is 0.656. The molecule has 1 N–H and O–H groups in total. The summed E-state index contributed by atoms with van der Waals surface area (Å²) in [5.41, 5.74) is 0. The maximum Gasteiger partial charge on any atom is 0.194 e. The van der Waals surface area contributed by atoms with Crippen molar-refractivity contribution in [1.29, 1.82) is 0 Å². The van der Waals surface area contributed by atoms with Crippen LogP contribution in [-0.2, 0) is 4.74 Å². The van der Waals surface area contributed by atoms with Crippen LogP contribution in [0.25, 0.3) is 0 Å². The normalized spacial score (nSPS) is 27.7. The average Bonchev–Trinajstić information content (AvgIpc) is 3.06. The second kappa shape index (κ2) is 10.4. The van der Waals surface area contributed by atoms with Gasteiger partial charge in [0.1, 0.15) is 0 Å². The van der Waals surface area contributed by atoms with Crippen LogP contribution in [-0.4, -0.2) is 124 Å². The van der Waals surface area contributed by atoms with Crippen LogP contribution in [0.1, 0.15) is 19.8 Å². The summed E-state index contributed by atoms with van der Waals surface area (Å²) in [7, 11) is 2.23. The van der Waals surface area contributed by atoms with Crippen LogP contribution in [0.2, 0.25) is 0 Å². The van der Waals surface area contributed by atoms with Gasteiger partial charge < -0.3 is 24.8 Å². The van der Waals surface area contributed by atoms with Gasteiger partial charge in [0.05, 0.1) is 19.8 Å². The lowest BCUT2D eigenvalue weighted by Crippen LogP contribution is -2.46. The van der Waals surface area contributed by atoms with Crippen molar-refractivity contribution in [3.8, 4) is 0 Å². The van der Waals surface area contributed by atoms with Gasteiger partial charge in [-0.25, -0.2) is 0 Å². The van der Waals surface area contributed by atoms with Gasteiger partial charge in [0.15, 0.2) is 5.96 Å². The molecule has 0 aromatic heterocycles. The van der Waals surface area contributed by atoms with E-state index in [2.05, 4.69) is 38.9 Å². The van der Waals surface area contributed by atoms with Gasteiger partial charge in [-0.2, -0.15) is 0 Å². The number of rotatable bonds is 5. The van der Waals surface area contributed by atoms with Gasteiger partial charge in [0, 0.05) is 58.4 Å². The van der Waals surface area contributed by atoms with E-state index in [1.807, 2.05) is 0 Å². The van der Waals surface area contributed by atoms with Gasteiger partial charge in [-0.05, 0) is 39.9 Å². The van der Waals surface area contributed by atoms with Crippen LogP contribution in [0, 0.1) is 0 Å². The zero-order chi connectivity index (χ0) is 18.2. The summed E-state index contributed by atoms with van der Waals surface area (Å²) < 4.78 is 5.50. The molecule has 0 aliphatic carbocycles. The van der Waals surface area contributed by atoms with E-state index < -0.39 is 0 Å². The van der Waals surface area contributed by atoms with Gasteiger partial charge in [-0.15, -0.1) is 0 Å². The van der Waals surface area contributed by atoms with E-state index in [4.69, 9.17) is 9.73 Å². The molecule has 0 bridgehead atoms. The topological polar surface area (TPSA) is 46.6 Å². The first-order valence-corrected chi connectivity index (χ1v) is 10.5. The van der Waals surface area contributed by atoms with Gasteiger partial charge in [0.25, 0.3) is 0 Å². The van der Waals surface area contributed by atoms with Crippen molar-refractivity contribution in [2.24, 2.45) is 4.99 Å². The molecule has 0 radical (unpaired) electrons. The van der Waals surface area contributed by atoms with Crippen molar-refractivity contribution in [3.05, 3.63) is 0 Å². The summed E-state index contributed by atoms with van der Waals surface area (Å²) in [4.78, 5) is 15.0. The van der Waals surface area contributed by atoms with Gasteiger partial charge in [0.2, 0.25) is 0 Å². The molecule has 3 aliphatic rings. The predicted octanol–water partition coefficient (Wildman–Crippen LogP) is -0.00410. The fourth-order valence-corrected chi connectivity index (χ4v) is 4.22. The highest BCUT2D eigenvalue weighted by Crippen LogP contribution is 2.17. The Morgan fingerprint density at radius 3 is 2.73 bits per heavy atom. The lowest BCUT2D eigenvalue weighted by atomic mass is 10.2. The zero-order valence-corrected chi connectivity index (χ0v) is 16.8. The summed E-state index contributed by atoms with van der Waals surface area (Å²) in [5.74, 6) is 1.11. The fraction of sp³-hybridized carbons (Fsp3) is 0.947. The number of guanidine groups is 1. The van der Waals surface area contributed by atoms with Crippen molar-refractivity contribution < 1.29 is 4.74 Å². The van der Waals surface area contributed by atoms with Crippen LogP contribution in [0.5, 0.6) is 0 Å². The molecule has 150 valence electrons. The minimum Gasteiger partial charge on any atom is -0.379 e. The minimum atomic E-state index is 0.656. The van der Waals surface area contributed by atoms with Crippen LogP contribution in [0.4, 0.5) is 0 Å². The quantitative estimate of drug-likeness (QED) is 0.546. The number of ether oxygens (including phenoxy) is 1. The molecule has 3 heterocycles. The molecule has 0 spiro atoms. The average molecular weight is 367 g/mol. The van der Waals surface area contributed by atoms with E-state index in [0.717, 1.165) is 65.0 Å². The first-order chi connectivity index (χ1) is 12.8. The van der Waals surface area contributed by atoms with Gasteiger partial charge in [-0.1, -0.05) is 0 Å². The second-order valence-corrected chi connectivity index (χ2v) is 7.77. The Morgan fingerprint density at radius 2 is 1.92 bits per heavy atom. The lowest BCUT2D eigenvalue weighted by molar-refractivity contribution is 0.0195. The third-order valence-electron chi connectivity index (χ3n) is 5.85. The van der Waals surface area contributed by atoms with Gasteiger partial charge >= 0.3 is 0 Å². The number of likely N-dealkylation sites (tertiary alicyclic amines) is 1. The summed E-state index contributed by atoms with van der Waals surface area (Å²) in [5, 5.41) is 3.51. The third kappa shape index (κ3) is 5.81. The van der Waals surface area contributed by atoms with E-state index in [9.17, 15) is 0 Å². The summed E-state index contributed by atoms with van der Waals surface area (Å²) >= 11 is 0. The maximum absolute atomic E-state index is 5.50. The van der Waals surface area contributed by atoms with Crippen molar-refractivity contribution in [2.75, 3.05) is 92.3 Å². The molecule has 7 heteroatoms. The first kappa shape index (κ1) is 19.9. The Hall–Kier alpha value is -0.890. The van der Waals surface area contributed by atoms with Crippen molar-refractivity contribution in [2.45, 2.75) is 25.8 Å². The summed E-state index contributed by atoms with van der Waals surface area (Å²) in [6.07, 6.45) is 2.51. The molecule has 26 heavy (non-hydrogen) atoms. The Labute approximate surface area is 159 Å². The number of nitrogens with zero attached hydrogens (tertiary/aromatic N) is 5. The molecule has 1 atom stereocenters. The highest BCUT2D eigenvalue weighted by molar-refractivity contribution is 5.80. The fourth-order valence-electron chi connectivity index (χ4n) is 4.22. The first-order valence-electron chi connectivity index (χ1n) is 10.5. The van der Waals surface area contributed by atoms with Crippen molar-refractivity contribution in [1.82, 2.24) is 24.9 Å². The summed E-state index contributed by atoms with van der Waals surface area (Å²) in [6.45, 7) is 16.0. The Morgan fingerprint density at radius 1 is 1.08 bits per heavy atom. The van der Waals surface area contributed by atoms with E-state index in [1.165, 1.54) is 39.0 Å². The molecule has 0 aromatic rings. The second-order valence-electron chi connectivity index (χ2n) is 7.77. The smallest absolute Gasteiger partial charge is 0.194 e. The molecular weight excluding hydrogens is 328 g/mol. The largest absolute Gasteiger partial charge is 0.379 e. The van der Waals surface area contributed by atoms with E-state index >= 15 is 0 Å². The maximum atomic E-state index is 5.50. The molecule has 3 saturated heterocycles. The number of likely N-dealkylation sites (N-methyl/N-ethyl adjacent to an activating group) is 1. The number of morpholine rings is 1. The summed E-state index contributed by atoms with van der Waals surface area (Å²) in [6, 6.07) is 0.656. The Bertz CT molecular complexity index is 440. The molecule has 3 fully saturated rings. The number of aliphatic imine (C=N–C) groups is 1. The zero-order valence-electron chi connectivity index (χ0n) is 16.8. The van der Waals surface area contributed by atoms with Crippen LogP contribution >= 0.6 is 0 Å².